The van der Waals surface area contributed by atoms with Crippen LogP contribution in [0.5, 0.6) is 0 Å². The summed E-state index contributed by atoms with van der Waals surface area (Å²) in [4.78, 5) is 0. The summed E-state index contributed by atoms with van der Waals surface area (Å²) in [7, 11) is 0. The number of nitrogens with zero attached hydrogens (tertiary/aromatic N) is 1. The molecule has 5 heteroatoms. The van der Waals surface area contributed by atoms with E-state index in [9.17, 15) is 4.39 Å². The van der Waals surface area contributed by atoms with E-state index >= 15 is 0 Å². The first-order chi connectivity index (χ1) is 9.54. The van der Waals surface area contributed by atoms with Crippen LogP contribution in [0.15, 0.2) is 40.9 Å². The molecule has 0 spiro atoms. The zero-order valence-electron chi connectivity index (χ0n) is 10.6. The number of nitriles is 1. The molecule has 1 unspecified atom stereocenters. The molecule has 0 saturated heterocycles. The Morgan fingerprint density at radius 2 is 2.00 bits per heavy atom. The van der Waals surface area contributed by atoms with Gasteiger partial charge in [0.25, 0.3) is 0 Å². The van der Waals surface area contributed by atoms with Gasteiger partial charge in [-0.1, -0.05) is 29.8 Å². The molecular formula is C15H11BrClFN2. The van der Waals surface area contributed by atoms with Crippen molar-refractivity contribution in [1.82, 2.24) is 0 Å². The highest BCUT2D eigenvalue weighted by molar-refractivity contribution is 9.10. The molecule has 1 N–H and O–H groups in total. The van der Waals surface area contributed by atoms with Gasteiger partial charge in [-0.15, -0.1) is 0 Å². The molecule has 2 rings (SSSR count). The van der Waals surface area contributed by atoms with E-state index in [-0.39, 0.29) is 16.1 Å². The smallest absolute Gasteiger partial charge is 0.161 e. The van der Waals surface area contributed by atoms with E-state index in [1.807, 2.05) is 31.2 Å². The van der Waals surface area contributed by atoms with E-state index < -0.39 is 5.82 Å². The van der Waals surface area contributed by atoms with Crippen LogP contribution < -0.4 is 5.32 Å². The van der Waals surface area contributed by atoms with E-state index in [1.165, 1.54) is 0 Å². The second kappa shape index (κ2) is 6.25. The number of benzene rings is 2. The van der Waals surface area contributed by atoms with Crippen LogP contribution in [0, 0.1) is 17.1 Å². The summed E-state index contributed by atoms with van der Waals surface area (Å²) in [5.74, 6) is -0.483. The highest BCUT2D eigenvalue weighted by Gasteiger charge is 2.14. The van der Waals surface area contributed by atoms with Crippen molar-refractivity contribution < 1.29 is 4.39 Å². The molecule has 102 valence electrons. The molecular weight excluding hydrogens is 343 g/mol. The Hall–Kier alpha value is -1.57. The maximum Gasteiger partial charge on any atom is 0.161 e. The van der Waals surface area contributed by atoms with Crippen LogP contribution in [-0.4, -0.2) is 0 Å². The Bertz CT molecular complexity index is 682. The number of halogens is 3. The molecule has 0 fully saturated rings. The third-order valence-corrected chi connectivity index (χ3v) is 4.07. The Morgan fingerprint density at radius 1 is 1.30 bits per heavy atom. The highest BCUT2D eigenvalue weighted by Crippen LogP contribution is 2.30. The van der Waals surface area contributed by atoms with Crippen molar-refractivity contribution in [2.75, 3.05) is 5.32 Å². The molecule has 0 bridgehead atoms. The summed E-state index contributed by atoms with van der Waals surface area (Å²) in [6, 6.07) is 12.3. The molecule has 0 aliphatic heterocycles. The summed E-state index contributed by atoms with van der Waals surface area (Å²) in [6.45, 7) is 1.90. The Kier molecular flexibility index (Phi) is 4.64. The molecule has 1 atom stereocenters. The van der Waals surface area contributed by atoms with Crippen molar-refractivity contribution in [3.63, 3.8) is 0 Å². The number of hydrogen-bond acceptors (Lipinski definition) is 2. The van der Waals surface area contributed by atoms with Gasteiger partial charge in [0.2, 0.25) is 0 Å². The van der Waals surface area contributed by atoms with Gasteiger partial charge in [0.15, 0.2) is 5.82 Å². The van der Waals surface area contributed by atoms with Gasteiger partial charge in [-0.2, -0.15) is 5.26 Å². The van der Waals surface area contributed by atoms with Crippen molar-refractivity contribution in [3.05, 3.63) is 62.8 Å². The van der Waals surface area contributed by atoms with Gasteiger partial charge < -0.3 is 5.32 Å². The molecule has 2 aromatic carbocycles. The summed E-state index contributed by atoms with van der Waals surface area (Å²) in [5.41, 5.74) is 1.47. The monoisotopic (exact) mass is 352 g/mol. The van der Waals surface area contributed by atoms with E-state index in [4.69, 9.17) is 16.9 Å². The van der Waals surface area contributed by atoms with Crippen LogP contribution in [0.4, 0.5) is 10.1 Å². The van der Waals surface area contributed by atoms with E-state index in [1.54, 1.807) is 18.2 Å². The molecule has 0 amide bonds. The average Bonchev–Trinajstić information content (AvgIpc) is 2.44. The van der Waals surface area contributed by atoms with E-state index in [2.05, 4.69) is 21.2 Å². The maximum atomic E-state index is 14.1. The lowest BCUT2D eigenvalue weighted by Gasteiger charge is -2.18. The van der Waals surface area contributed by atoms with Gasteiger partial charge in [-0.05, 0) is 46.6 Å². The summed E-state index contributed by atoms with van der Waals surface area (Å²) < 4.78 is 14.3. The molecule has 0 radical (unpaired) electrons. The zero-order chi connectivity index (χ0) is 14.7. The lowest BCUT2D eigenvalue weighted by molar-refractivity contribution is 0.620. The fourth-order valence-electron chi connectivity index (χ4n) is 1.88. The second-order valence-electron chi connectivity index (χ2n) is 4.29. The van der Waals surface area contributed by atoms with Crippen LogP contribution >= 0.6 is 27.5 Å². The first-order valence-corrected chi connectivity index (χ1v) is 7.10. The van der Waals surface area contributed by atoms with E-state index in [0.29, 0.717) is 10.7 Å². The zero-order valence-corrected chi connectivity index (χ0v) is 13.0. The Labute approximate surface area is 130 Å². The van der Waals surface area contributed by atoms with Gasteiger partial charge in [0.05, 0.1) is 21.8 Å². The van der Waals surface area contributed by atoms with Crippen molar-refractivity contribution >= 4 is 33.2 Å². The number of nitrogens with one attached hydrogen (secondary N) is 1. The fourth-order valence-corrected chi connectivity index (χ4v) is 2.62. The summed E-state index contributed by atoms with van der Waals surface area (Å²) >= 11 is 9.21. The molecule has 0 aromatic heterocycles. The van der Waals surface area contributed by atoms with Crippen LogP contribution in [0.25, 0.3) is 0 Å². The molecule has 20 heavy (non-hydrogen) atoms. The lowest BCUT2D eigenvalue weighted by Crippen LogP contribution is -2.09. The minimum absolute atomic E-state index is 0.155. The topological polar surface area (TPSA) is 35.8 Å². The van der Waals surface area contributed by atoms with Crippen LogP contribution in [0.3, 0.4) is 0 Å². The predicted molar refractivity (Wildman–Crippen MR) is 82.3 cm³/mol. The first kappa shape index (κ1) is 14.8. The number of rotatable bonds is 3. The first-order valence-electron chi connectivity index (χ1n) is 5.93. The van der Waals surface area contributed by atoms with Gasteiger partial charge >= 0.3 is 0 Å². The largest absolute Gasteiger partial charge is 0.376 e. The minimum atomic E-state index is -0.483. The predicted octanol–water partition coefficient (Wildman–Crippen LogP) is 5.29. The summed E-state index contributed by atoms with van der Waals surface area (Å²) in [6.07, 6.45) is 0. The Morgan fingerprint density at radius 3 is 2.65 bits per heavy atom. The fraction of sp³-hybridized carbons (Fsp3) is 0.133. The van der Waals surface area contributed by atoms with Crippen LogP contribution in [0.2, 0.25) is 5.02 Å². The second-order valence-corrected chi connectivity index (χ2v) is 5.49. The maximum absolute atomic E-state index is 14.1. The SMILES string of the molecule is CC(Nc1ccc(C#N)c(Br)c1F)c1ccccc1Cl. The Balaban J connectivity index is 2.30. The highest BCUT2D eigenvalue weighted by atomic mass is 79.9. The molecule has 0 saturated carbocycles. The van der Waals surface area contributed by atoms with Crippen molar-refractivity contribution in [3.8, 4) is 6.07 Å². The summed E-state index contributed by atoms with van der Waals surface area (Å²) in [5, 5.41) is 12.5. The minimum Gasteiger partial charge on any atom is -0.376 e. The van der Waals surface area contributed by atoms with Crippen LogP contribution in [-0.2, 0) is 0 Å². The van der Waals surface area contributed by atoms with Gasteiger partial charge in [-0.3, -0.25) is 0 Å². The molecule has 0 aliphatic carbocycles. The average molecular weight is 354 g/mol. The van der Waals surface area contributed by atoms with Gasteiger partial charge in [-0.25, -0.2) is 4.39 Å². The van der Waals surface area contributed by atoms with Crippen molar-refractivity contribution in [2.45, 2.75) is 13.0 Å². The van der Waals surface area contributed by atoms with Crippen LogP contribution in [0.1, 0.15) is 24.1 Å². The number of hydrogen-bond donors (Lipinski definition) is 1. The standard InChI is InChI=1S/C15H11BrClFN2/c1-9(11-4-2-3-5-12(11)17)20-13-7-6-10(8-19)14(16)15(13)18/h2-7,9,20H,1H3. The van der Waals surface area contributed by atoms with E-state index in [0.717, 1.165) is 5.56 Å². The number of anilines is 1. The van der Waals surface area contributed by atoms with Crippen molar-refractivity contribution in [1.29, 1.82) is 5.26 Å². The lowest BCUT2D eigenvalue weighted by atomic mass is 10.1. The third kappa shape index (κ3) is 2.95. The quantitative estimate of drug-likeness (QED) is 0.814. The normalized spacial score (nSPS) is 11.8. The molecule has 0 heterocycles. The van der Waals surface area contributed by atoms with Crippen molar-refractivity contribution in [2.24, 2.45) is 0 Å². The third-order valence-electron chi connectivity index (χ3n) is 2.95. The molecule has 0 aliphatic rings. The molecule has 2 aromatic rings. The van der Waals surface area contributed by atoms with Gasteiger partial charge in [0.1, 0.15) is 6.07 Å². The molecule has 2 nitrogen and oxygen atoms in total. The van der Waals surface area contributed by atoms with Gasteiger partial charge in [0, 0.05) is 5.02 Å².